The molecule has 130 valence electrons. The number of halogens is 1. The van der Waals surface area contributed by atoms with Gasteiger partial charge in [-0.2, -0.15) is 10.2 Å². The van der Waals surface area contributed by atoms with Crippen LogP contribution in [-0.4, -0.2) is 25.5 Å². The van der Waals surface area contributed by atoms with Gasteiger partial charge in [0, 0.05) is 6.20 Å². The highest BCUT2D eigenvalue weighted by Gasteiger charge is 2.07. The van der Waals surface area contributed by atoms with Gasteiger partial charge in [0.1, 0.15) is 12.3 Å². The average molecular weight is 360 g/mol. The number of nitrogens with one attached hydrogen (secondary N) is 1. The maximum atomic E-state index is 12.0. The predicted octanol–water partition coefficient (Wildman–Crippen LogP) is 2.97. The van der Waals surface area contributed by atoms with Crippen molar-refractivity contribution in [1.29, 1.82) is 0 Å². The van der Waals surface area contributed by atoms with Gasteiger partial charge in [-0.15, -0.1) is 0 Å². The zero-order chi connectivity index (χ0) is 17.6. The number of hydrogen-bond acceptors (Lipinski definition) is 4. The second kappa shape index (κ2) is 7.85. The maximum Gasteiger partial charge on any atom is 0.246 e. The van der Waals surface area contributed by atoms with Gasteiger partial charge in [0.15, 0.2) is 6.73 Å². The van der Waals surface area contributed by atoms with Gasteiger partial charge < -0.3 is 10.1 Å². The number of hydrogen-bond donors (Lipinski definition) is 1. The van der Waals surface area contributed by atoms with Gasteiger partial charge >= 0.3 is 0 Å². The molecule has 2 aromatic heterocycles. The highest BCUT2D eigenvalue weighted by molar-refractivity contribution is 6.30. The van der Waals surface area contributed by atoms with E-state index in [2.05, 4.69) is 22.4 Å². The number of ether oxygens (including phenoxy) is 1. The second-order valence-corrected chi connectivity index (χ2v) is 5.88. The third-order valence-corrected chi connectivity index (χ3v) is 3.71. The summed E-state index contributed by atoms with van der Waals surface area (Å²) in [6.45, 7) is 2.45. The molecule has 0 aliphatic rings. The van der Waals surface area contributed by atoms with E-state index >= 15 is 0 Å². The minimum Gasteiger partial charge on any atom is -0.471 e. The quantitative estimate of drug-likeness (QED) is 0.703. The monoisotopic (exact) mass is 359 g/mol. The van der Waals surface area contributed by atoms with Crippen LogP contribution in [0.1, 0.15) is 12.5 Å². The van der Waals surface area contributed by atoms with Crippen LogP contribution >= 0.6 is 11.6 Å². The highest BCUT2D eigenvalue weighted by atomic mass is 35.5. The summed E-state index contributed by atoms with van der Waals surface area (Å²) in [7, 11) is 0. The van der Waals surface area contributed by atoms with Crippen LogP contribution in [0.5, 0.6) is 5.75 Å². The van der Waals surface area contributed by atoms with Crippen molar-refractivity contribution in [3.8, 4) is 5.75 Å². The molecule has 2 heterocycles. The molecule has 0 atom stereocenters. The van der Waals surface area contributed by atoms with Crippen molar-refractivity contribution < 1.29 is 9.53 Å². The standard InChI is InChI=1S/C17H18ClN5O2/c1-2-13-3-5-16(6-4-13)25-12-23-10-15(8-20-23)21-17(24)11-22-9-14(18)7-19-22/h3-10H,2,11-12H2,1H3,(H,21,24). The number of benzene rings is 1. The fourth-order valence-electron chi connectivity index (χ4n) is 2.23. The van der Waals surface area contributed by atoms with E-state index in [4.69, 9.17) is 16.3 Å². The van der Waals surface area contributed by atoms with Gasteiger partial charge in [-0.05, 0) is 24.1 Å². The van der Waals surface area contributed by atoms with Crippen LogP contribution in [0, 0.1) is 0 Å². The maximum absolute atomic E-state index is 12.0. The lowest BCUT2D eigenvalue weighted by molar-refractivity contribution is -0.116. The summed E-state index contributed by atoms with van der Waals surface area (Å²) in [5, 5.41) is 11.4. The van der Waals surface area contributed by atoms with Crippen molar-refractivity contribution in [2.45, 2.75) is 26.6 Å². The molecule has 1 N–H and O–H groups in total. The number of rotatable bonds is 7. The van der Waals surface area contributed by atoms with Crippen LogP contribution in [-0.2, 0) is 24.5 Å². The third-order valence-electron chi connectivity index (χ3n) is 3.52. The van der Waals surface area contributed by atoms with Crippen LogP contribution < -0.4 is 10.1 Å². The Labute approximate surface area is 150 Å². The van der Waals surface area contributed by atoms with E-state index in [1.54, 1.807) is 23.3 Å². The molecular formula is C17H18ClN5O2. The number of nitrogens with zero attached hydrogens (tertiary/aromatic N) is 4. The smallest absolute Gasteiger partial charge is 0.246 e. The lowest BCUT2D eigenvalue weighted by Gasteiger charge is -2.06. The van der Waals surface area contributed by atoms with E-state index in [0.717, 1.165) is 12.2 Å². The number of anilines is 1. The Hall–Kier alpha value is -2.80. The average Bonchev–Trinajstić information content (AvgIpc) is 3.22. The molecule has 1 amide bonds. The van der Waals surface area contributed by atoms with Crippen molar-refractivity contribution in [3.05, 3.63) is 59.6 Å². The molecule has 0 radical (unpaired) electrons. The minimum atomic E-state index is -0.213. The first-order valence-corrected chi connectivity index (χ1v) is 8.22. The van der Waals surface area contributed by atoms with Crippen LogP contribution in [0.15, 0.2) is 49.1 Å². The SMILES string of the molecule is CCc1ccc(OCn2cc(NC(=O)Cn3cc(Cl)cn3)cn2)cc1. The van der Waals surface area contributed by atoms with Gasteiger partial charge in [0.05, 0.1) is 29.3 Å². The van der Waals surface area contributed by atoms with Gasteiger partial charge in [-0.1, -0.05) is 30.7 Å². The fourth-order valence-corrected chi connectivity index (χ4v) is 2.39. The first-order chi connectivity index (χ1) is 12.1. The van der Waals surface area contributed by atoms with Crippen molar-refractivity contribution in [3.63, 3.8) is 0 Å². The number of carbonyl (C=O) groups is 1. The number of aromatic nitrogens is 4. The molecule has 0 saturated heterocycles. The first kappa shape index (κ1) is 17.0. The zero-order valence-electron chi connectivity index (χ0n) is 13.7. The Kier molecular flexibility index (Phi) is 5.35. The molecule has 0 saturated carbocycles. The van der Waals surface area contributed by atoms with Gasteiger partial charge in [0.2, 0.25) is 5.91 Å². The molecule has 0 aliphatic heterocycles. The summed E-state index contributed by atoms with van der Waals surface area (Å²) < 4.78 is 8.74. The minimum absolute atomic E-state index is 0.0815. The topological polar surface area (TPSA) is 74.0 Å². The molecule has 0 unspecified atom stereocenters. The molecule has 0 fully saturated rings. The molecule has 0 spiro atoms. The molecule has 1 aromatic carbocycles. The van der Waals surface area contributed by atoms with E-state index in [1.165, 1.54) is 16.4 Å². The summed E-state index contributed by atoms with van der Waals surface area (Å²) in [6.07, 6.45) is 7.33. The first-order valence-electron chi connectivity index (χ1n) is 7.84. The predicted molar refractivity (Wildman–Crippen MR) is 94.5 cm³/mol. The van der Waals surface area contributed by atoms with E-state index in [0.29, 0.717) is 10.7 Å². The molecule has 7 nitrogen and oxygen atoms in total. The van der Waals surface area contributed by atoms with Crippen molar-refractivity contribution >= 4 is 23.2 Å². The molecule has 0 bridgehead atoms. The van der Waals surface area contributed by atoms with Gasteiger partial charge in [-0.25, -0.2) is 4.68 Å². The van der Waals surface area contributed by atoms with Crippen molar-refractivity contribution in [1.82, 2.24) is 19.6 Å². The molecule has 3 rings (SSSR count). The lowest BCUT2D eigenvalue weighted by Crippen LogP contribution is -2.18. The largest absolute Gasteiger partial charge is 0.471 e. The highest BCUT2D eigenvalue weighted by Crippen LogP contribution is 2.13. The van der Waals surface area contributed by atoms with E-state index < -0.39 is 0 Å². The fraction of sp³-hybridized carbons (Fsp3) is 0.235. The van der Waals surface area contributed by atoms with E-state index in [9.17, 15) is 4.79 Å². The van der Waals surface area contributed by atoms with Gasteiger partial charge in [-0.3, -0.25) is 9.48 Å². The molecular weight excluding hydrogens is 342 g/mol. The van der Waals surface area contributed by atoms with E-state index in [1.807, 2.05) is 24.3 Å². The molecule has 0 aliphatic carbocycles. The summed E-state index contributed by atoms with van der Waals surface area (Å²) in [5.74, 6) is 0.559. The number of carbonyl (C=O) groups excluding carboxylic acids is 1. The van der Waals surface area contributed by atoms with Crippen LogP contribution in [0.25, 0.3) is 0 Å². The Morgan fingerprint density at radius 3 is 2.60 bits per heavy atom. The molecule has 3 aromatic rings. The third kappa shape index (κ3) is 4.84. The van der Waals surface area contributed by atoms with Crippen LogP contribution in [0.4, 0.5) is 5.69 Å². The van der Waals surface area contributed by atoms with Crippen LogP contribution in [0.2, 0.25) is 5.02 Å². The Morgan fingerprint density at radius 2 is 1.92 bits per heavy atom. The summed E-state index contributed by atoms with van der Waals surface area (Å²) in [4.78, 5) is 12.0. The van der Waals surface area contributed by atoms with Crippen molar-refractivity contribution in [2.24, 2.45) is 0 Å². The Balaban J connectivity index is 1.50. The Bertz CT molecular complexity index is 841. The normalized spacial score (nSPS) is 10.6. The van der Waals surface area contributed by atoms with Crippen LogP contribution in [0.3, 0.4) is 0 Å². The number of amides is 1. The van der Waals surface area contributed by atoms with Gasteiger partial charge in [0.25, 0.3) is 0 Å². The molecule has 8 heteroatoms. The van der Waals surface area contributed by atoms with E-state index in [-0.39, 0.29) is 19.2 Å². The lowest BCUT2D eigenvalue weighted by atomic mass is 10.2. The number of aryl methyl sites for hydroxylation is 1. The van der Waals surface area contributed by atoms with Crippen molar-refractivity contribution in [2.75, 3.05) is 5.32 Å². The summed E-state index contributed by atoms with van der Waals surface area (Å²) in [6, 6.07) is 7.93. The summed E-state index contributed by atoms with van der Waals surface area (Å²) in [5.41, 5.74) is 1.85. The molecule has 25 heavy (non-hydrogen) atoms. The summed E-state index contributed by atoms with van der Waals surface area (Å²) >= 11 is 5.77. The Morgan fingerprint density at radius 1 is 1.16 bits per heavy atom. The second-order valence-electron chi connectivity index (χ2n) is 5.44. The zero-order valence-corrected chi connectivity index (χ0v) is 14.5.